The number of hydrogen-bond acceptors (Lipinski definition) is 9. The second-order valence-electron chi connectivity index (χ2n) is 5.78. The zero-order valence-electron chi connectivity index (χ0n) is 15.9. The van der Waals surface area contributed by atoms with Crippen molar-refractivity contribution in [3.63, 3.8) is 0 Å². The van der Waals surface area contributed by atoms with Gasteiger partial charge in [0.25, 0.3) is 5.69 Å². The number of ether oxygens (including phenoxy) is 2. The van der Waals surface area contributed by atoms with Crippen LogP contribution in [0, 0.1) is 10.1 Å². The first kappa shape index (κ1) is 22.9. The minimum atomic E-state index is -3.94. The number of nitro benzene ring substituents is 1. The van der Waals surface area contributed by atoms with E-state index in [0.29, 0.717) is 18.0 Å². The van der Waals surface area contributed by atoms with E-state index in [1.807, 2.05) is 0 Å². The van der Waals surface area contributed by atoms with Crippen molar-refractivity contribution in [3.8, 4) is 0 Å². The van der Waals surface area contributed by atoms with Gasteiger partial charge >= 0.3 is 5.97 Å². The summed E-state index contributed by atoms with van der Waals surface area (Å²) in [6.45, 7) is 2.36. The van der Waals surface area contributed by atoms with Gasteiger partial charge in [-0.05, 0) is 25.5 Å². The average molecular weight is 444 g/mol. The van der Waals surface area contributed by atoms with Crippen molar-refractivity contribution in [1.29, 1.82) is 0 Å². The predicted molar refractivity (Wildman–Crippen MR) is 105 cm³/mol. The largest absolute Gasteiger partial charge is 0.461 e. The van der Waals surface area contributed by atoms with Crippen LogP contribution in [0.3, 0.4) is 0 Å². The van der Waals surface area contributed by atoms with Crippen LogP contribution in [0.25, 0.3) is 0 Å². The number of nitrogens with zero attached hydrogens (tertiary/aromatic N) is 3. The fourth-order valence-electron chi connectivity index (χ4n) is 2.39. The molecule has 0 unspecified atom stereocenters. The Morgan fingerprint density at radius 3 is 2.59 bits per heavy atom. The number of carbonyl (C=O) groups is 1. The van der Waals surface area contributed by atoms with Crippen molar-refractivity contribution in [2.45, 2.75) is 24.8 Å². The highest BCUT2D eigenvalue weighted by molar-refractivity contribution is 7.89. The van der Waals surface area contributed by atoms with E-state index >= 15 is 0 Å². The van der Waals surface area contributed by atoms with Gasteiger partial charge in [0.05, 0.1) is 23.0 Å². The van der Waals surface area contributed by atoms with Gasteiger partial charge in [-0.1, -0.05) is 0 Å². The van der Waals surface area contributed by atoms with Crippen molar-refractivity contribution in [2.75, 3.05) is 26.9 Å². The number of sulfonamides is 1. The molecule has 0 aliphatic rings. The molecule has 0 saturated carbocycles. The molecule has 0 N–H and O–H groups in total. The van der Waals surface area contributed by atoms with Crippen LogP contribution in [0.4, 0.5) is 5.69 Å². The first-order valence-corrected chi connectivity index (χ1v) is 11.0. The number of thiazole rings is 1. The molecule has 0 fully saturated rings. The molecule has 1 aromatic heterocycles. The number of hydrogen-bond donors (Lipinski definition) is 0. The molecule has 0 saturated heterocycles. The minimum Gasteiger partial charge on any atom is -0.461 e. The van der Waals surface area contributed by atoms with E-state index in [2.05, 4.69) is 4.98 Å². The van der Waals surface area contributed by atoms with Gasteiger partial charge in [-0.25, -0.2) is 18.2 Å². The van der Waals surface area contributed by atoms with Gasteiger partial charge in [-0.3, -0.25) is 10.1 Å². The fraction of sp³-hybridized carbons (Fsp3) is 0.412. The highest BCUT2D eigenvalue weighted by atomic mass is 32.2. The van der Waals surface area contributed by atoms with Gasteiger partial charge in [0.2, 0.25) is 10.0 Å². The molecule has 1 heterocycles. The van der Waals surface area contributed by atoms with Gasteiger partial charge in [-0.15, -0.1) is 11.3 Å². The van der Waals surface area contributed by atoms with Crippen molar-refractivity contribution < 1.29 is 27.6 Å². The zero-order chi connectivity index (χ0) is 21.4. The monoisotopic (exact) mass is 443 g/mol. The van der Waals surface area contributed by atoms with E-state index < -0.39 is 20.9 Å². The number of benzene rings is 1. The molecule has 2 aromatic rings. The molecule has 29 heavy (non-hydrogen) atoms. The van der Waals surface area contributed by atoms with Gasteiger partial charge in [0.1, 0.15) is 5.01 Å². The highest BCUT2D eigenvalue weighted by Crippen LogP contribution is 2.23. The van der Waals surface area contributed by atoms with Crippen LogP contribution in [0.15, 0.2) is 34.5 Å². The Labute approximate surface area is 172 Å². The van der Waals surface area contributed by atoms with Crippen LogP contribution in [0.1, 0.15) is 28.8 Å². The third kappa shape index (κ3) is 6.03. The SMILES string of the molecule is CCOC(=O)c1csc(CN(CCCOC)S(=O)(=O)c2ccc([N+](=O)[O-])cc2)n1. The Kier molecular flexibility index (Phi) is 8.20. The molecule has 12 heteroatoms. The first-order valence-electron chi connectivity index (χ1n) is 8.64. The van der Waals surface area contributed by atoms with E-state index in [9.17, 15) is 23.3 Å². The average Bonchev–Trinajstić information content (AvgIpc) is 3.16. The van der Waals surface area contributed by atoms with Gasteiger partial charge in [0, 0.05) is 37.8 Å². The van der Waals surface area contributed by atoms with Crippen molar-refractivity contribution in [1.82, 2.24) is 9.29 Å². The molecule has 2 rings (SSSR count). The molecule has 1 aromatic carbocycles. The highest BCUT2D eigenvalue weighted by Gasteiger charge is 2.26. The maximum absolute atomic E-state index is 13.1. The standard InChI is InChI=1S/C17H21N3O7S2/c1-3-27-17(21)15-12-28-16(18-15)11-19(9-4-10-26-2)29(24,25)14-7-5-13(6-8-14)20(22)23/h5-8,12H,3-4,9-11H2,1-2H3. The van der Waals surface area contributed by atoms with Crippen LogP contribution in [-0.2, 0) is 26.0 Å². The number of carbonyl (C=O) groups excluding carboxylic acids is 1. The third-order valence-electron chi connectivity index (χ3n) is 3.79. The summed E-state index contributed by atoms with van der Waals surface area (Å²) >= 11 is 1.15. The lowest BCUT2D eigenvalue weighted by Crippen LogP contribution is -2.32. The summed E-state index contributed by atoms with van der Waals surface area (Å²) in [4.78, 5) is 26.1. The molecule has 0 atom stereocenters. The summed E-state index contributed by atoms with van der Waals surface area (Å²) in [5, 5.41) is 12.7. The molecule has 0 spiro atoms. The normalized spacial score (nSPS) is 11.6. The smallest absolute Gasteiger partial charge is 0.357 e. The zero-order valence-corrected chi connectivity index (χ0v) is 17.6. The molecule has 0 bridgehead atoms. The second-order valence-corrected chi connectivity index (χ2v) is 8.66. The van der Waals surface area contributed by atoms with Crippen LogP contribution < -0.4 is 0 Å². The molecule has 0 aliphatic heterocycles. The van der Waals surface area contributed by atoms with Gasteiger partial charge in [0.15, 0.2) is 5.69 Å². The quantitative estimate of drug-likeness (QED) is 0.224. The fourth-order valence-corrected chi connectivity index (χ4v) is 4.69. The lowest BCUT2D eigenvalue weighted by Gasteiger charge is -2.21. The Morgan fingerprint density at radius 2 is 2.00 bits per heavy atom. The maximum Gasteiger partial charge on any atom is 0.357 e. The Bertz CT molecular complexity index is 942. The summed E-state index contributed by atoms with van der Waals surface area (Å²) in [6, 6.07) is 4.68. The van der Waals surface area contributed by atoms with E-state index in [-0.39, 0.29) is 36.0 Å². The topological polar surface area (TPSA) is 129 Å². The number of nitro groups is 1. The lowest BCUT2D eigenvalue weighted by atomic mass is 10.3. The Morgan fingerprint density at radius 1 is 1.31 bits per heavy atom. The van der Waals surface area contributed by atoms with E-state index in [0.717, 1.165) is 23.5 Å². The van der Waals surface area contributed by atoms with Crippen LogP contribution >= 0.6 is 11.3 Å². The third-order valence-corrected chi connectivity index (χ3v) is 6.48. The number of methoxy groups -OCH3 is 1. The van der Waals surface area contributed by atoms with Crippen molar-refractivity contribution in [2.24, 2.45) is 0 Å². The molecule has 158 valence electrons. The van der Waals surface area contributed by atoms with E-state index in [1.54, 1.807) is 6.92 Å². The number of non-ortho nitro benzene ring substituents is 1. The Hall–Kier alpha value is -2.41. The van der Waals surface area contributed by atoms with Crippen LogP contribution in [-0.4, -0.2) is 55.5 Å². The lowest BCUT2D eigenvalue weighted by molar-refractivity contribution is -0.384. The first-order chi connectivity index (χ1) is 13.8. The summed E-state index contributed by atoms with van der Waals surface area (Å²) in [5.41, 5.74) is -0.0784. The van der Waals surface area contributed by atoms with Crippen molar-refractivity contribution >= 4 is 33.0 Å². The summed E-state index contributed by atoms with van der Waals surface area (Å²) in [5.74, 6) is -0.570. The van der Waals surface area contributed by atoms with Gasteiger partial charge < -0.3 is 9.47 Å². The maximum atomic E-state index is 13.1. The minimum absolute atomic E-state index is 0.0485. The van der Waals surface area contributed by atoms with Gasteiger partial charge in [-0.2, -0.15) is 4.31 Å². The number of rotatable bonds is 11. The molecule has 0 radical (unpaired) electrons. The van der Waals surface area contributed by atoms with E-state index in [4.69, 9.17) is 9.47 Å². The number of esters is 1. The Balaban J connectivity index is 2.26. The molecular formula is C17H21N3O7S2. The molecule has 0 aliphatic carbocycles. The van der Waals surface area contributed by atoms with E-state index in [1.165, 1.54) is 28.9 Å². The summed E-state index contributed by atoms with van der Waals surface area (Å²) in [7, 11) is -2.42. The second kappa shape index (κ2) is 10.4. The summed E-state index contributed by atoms with van der Waals surface area (Å²) in [6.07, 6.45) is 0.443. The van der Waals surface area contributed by atoms with Crippen molar-refractivity contribution in [3.05, 3.63) is 50.5 Å². The number of aromatic nitrogens is 1. The van der Waals surface area contributed by atoms with Crippen LogP contribution in [0.2, 0.25) is 0 Å². The predicted octanol–water partition coefficient (Wildman–Crippen LogP) is 2.46. The van der Waals surface area contributed by atoms with Crippen LogP contribution in [0.5, 0.6) is 0 Å². The summed E-state index contributed by atoms with van der Waals surface area (Å²) < 4.78 is 37.2. The molecule has 10 nitrogen and oxygen atoms in total. The molecular weight excluding hydrogens is 422 g/mol. The molecule has 0 amide bonds.